The third-order valence-corrected chi connectivity index (χ3v) is 6.55. The summed E-state index contributed by atoms with van der Waals surface area (Å²) in [4.78, 5) is 17.3. The maximum absolute atomic E-state index is 13.7. The molecule has 2 saturated carbocycles. The van der Waals surface area contributed by atoms with Crippen molar-refractivity contribution < 1.29 is 9.18 Å². The van der Waals surface area contributed by atoms with Crippen molar-refractivity contribution in [1.82, 2.24) is 21.5 Å². The summed E-state index contributed by atoms with van der Waals surface area (Å²) >= 11 is 6.23. The average Bonchev–Trinajstić information content (AvgIpc) is 3.10. The molecular formula is C20H35ClFN5O. The van der Waals surface area contributed by atoms with E-state index in [0.29, 0.717) is 36.1 Å². The Morgan fingerprint density at radius 3 is 2.54 bits per heavy atom. The Morgan fingerprint density at radius 2 is 1.86 bits per heavy atom. The number of rotatable bonds is 4. The molecule has 160 valence electrons. The molecule has 0 spiro atoms. The first kappa shape index (κ1) is 21.8. The molecular weight excluding hydrogens is 381 g/mol. The summed E-state index contributed by atoms with van der Waals surface area (Å²) in [6.07, 6.45) is 6.75. The van der Waals surface area contributed by atoms with Gasteiger partial charge in [0.05, 0.1) is 0 Å². The standard InChI is InChI=1S/C20H35ClFN5O/c1-12(2)23-20(25-19(28)14-4-3-5-16(22)10-14)24-18-11-17(26-27-18)13-6-8-15(21)9-7-13/h12-18,26-27H,3-11H2,1-2H3,(H2,23,24,25,28). The van der Waals surface area contributed by atoms with Crippen LogP contribution in [0.5, 0.6) is 0 Å². The lowest BCUT2D eigenvalue weighted by atomic mass is 9.83. The van der Waals surface area contributed by atoms with Crippen LogP contribution in [0.4, 0.5) is 4.39 Å². The van der Waals surface area contributed by atoms with E-state index in [2.05, 4.69) is 21.5 Å². The van der Waals surface area contributed by atoms with E-state index in [1.165, 1.54) is 0 Å². The van der Waals surface area contributed by atoms with Crippen LogP contribution < -0.4 is 21.5 Å². The molecule has 1 saturated heterocycles. The molecule has 0 radical (unpaired) electrons. The zero-order valence-corrected chi connectivity index (χ0v) is 17.8. The van der Waals surface area contributed by atoms with Crippen molar-refractivity contribution in [3.8, 4) is 0 Å². The zero-order valence-electron chi connectivity index (χ0n) is 17.0. The minimum absolute atomic E-state index is 0.0967. The highest BCUT2D eigenvalue weighted by molar-refractivity contribution is 6.20. The second kappa shape index (κ2) is 10.2. The van der Waals surface area contributed by atoms with Crippen molar-refractivity contribution in [2.24, 2.45) is 16.8 Å². The molecule has 2 aliphatic carbocycles. The number of nitrogens with zero attached hydrogens (tertiary/aromatic N) is 1. The molecule has 6 nitrogen and oxygen atoms in total. The van der Waals surface area contributed by atoms with Crippen LogP contribution in [0.1, 0.15) is 71.6 Å². The Hall–Kier alpha value is -0.920. The zero-order chi connectivity index (χ0) is 20.1. The van der Waals surface area contributed by atoms with E-state index in [9.17, 15) is 9.18 Å². The first-order chi connectivity index (χ1) is 13.4. The minimum Gasteiger partial charge on any atom is -0.354 e. The van der Waals surface area contributed by atoms with Gasteiger partial charge in [0.2, 0.25) is 5.91 Å². The number of guanidine groups is 1. The predicted molar refractivity (Wildman–Crippen MR) is 111 cm³/mol. The number of amides is 1. The smallest absolute Gasteiger partial charge is 0.229 e. The van der Waals surface area contributed by atoms with Gasteiger partial charge in [0.25, 0.3) is 0 Å². The second-order valence-electron chi connectivity index (χ2n) is 8.89. The van der Waals surface area contributed by atoms with Gasteiger partial charge < -0.3 is 5.32 Å². The van der Waals surface area contributed by atoms with Crippen LogP contribution in [0.3, 0.4) is 0 Å². The van der Waals surface area contributed by atoms with E-state index >= 15 is 0 Å². The molecule has 0 aromatic carbocycles. The highest BCUT2D eigenvalue weighted by atomic mass is 35.5. The average molecular weight is 416 g/mol. The lowest BCUT2D eigenvalue weighted by molar-refractivity contribution is -0.125. The van der Waals surface area contributed by atoms with Gasteiger partial charge in [-0.3, -0.25) is 15.5 Å². The quantitative estimate of drug-likeness (QED) is 0.323. The molecule has 8 heteroatoms. The van der Waals surface area contributed by atoms with Crippen molar-refractivity contribution in [3.63, 3.8) is 0 Å². The van der Waals surface area contributed by atoms with E-state index in [0.717, 1.165) is 44.9 Å². The van der Waals surface area contributed by atoms with Gasteiger partial charge in [0.15, 0.2) is 5.96 Å². The van der Waals surface area contributed by atoms with Crippen LogP contribution in [0.25, 0.3) is 0 Å². The highest BCUT2D eigenvalue weighted by Crippen LogP contribution is 2.32. The van der Waals surface area contributed by atoms with E-state index in [1.54, 1.807) is 0 Å². The molecule has 3 aliphatic rings. The van der Waals surface area contributed by atoms with Crippen LogP contribution in [-0.2, 0) is 4.79 Å². The van der Waals surface area contributed by atoms with Crippen LogP contribution >= 0.6 is 11.6 Å². The molecule has 0 aromatic heterocycles. The summed E-state index contributed by atoms with van der Waals surface area (Å²) in [6.45, 7) is 4.02. The number of hydrogen-bond donors (Lipinski definition) is 4. The summed E-state index contributed by atoms with van der Waals surface area (Å²) in [5.41, 5.74) is 6.64. The molecule has 3 rings (SSSR count). The van der Waals surface area contributed by atoms with Crippen LogP contribution in [0.2, 0.25) is 0 Å². The Labute approximate surface area is 172 Å². The Bertz CT molecular complexity index is 553. The van der Waals surface area contributed by atoms with E-state index in [4.69, 9.17) is 16.6 Å². The molecule has 1 heterocycles. The fourth-order valence-electron chi connectivity index (χ4n) is 4.56. The van der Waals surface area contributed by atoms with Gasteiger partial charge in [-0.2, -0.15) is 0 Å². The van der Waals surface area contributed by atoms with Crippen LogP contribution in [0.15, 0.2) is 4.99 Å². The topological polar surface area (TPSA) is 77.6 Å². The summed E-state index contributed by atoms with van der Waals surface area (Å²) in [5.74, 6) is 0.696. The van der Waals surface area contributed by atoms with Crippen LogP contribution in [0, 0.1) is 11.8 Å². The predicted octanol–water partition coefficient (Wildman–Crippen LogP) is 2.98. The SMILES string of the molecule is CC(C)N/C(=N\C1CC(C2CCC(Cl)CC2)NN1)NC(=O)C1CCCC(F)C1. The second-order valence-corrected chi connectivity index (χ2v) is 9.50. The monoisotopic (exact) mass is 415 g/mol. The van der Waals surface area contributed by atoms with E-state index < -0.39 is 6.17 Å². The third-order valence-electron chi connectivity index (χ3n) is 6.12. The maximum Gasteiger partial charge on any atom is 0.229 e. The number of alkyl halides is 2. The summed E-state index contributed by atoms with van der Waals surface area (Å²) < 4.78 is 13.7. The lowest BCUT2D eigenvalue weighted by Crippen LogP contribution is -2.48. The number of hydrogen-bond acceptors (Lipinski definition) is 4. The molecule has 1 amide bonds. The van der Waals surface area contributed by atoms with Gasteiger partial charge in [0, 0.05) is 29.8 Å². The number of carbonyl (C=O) groups is 1. The molecule has 0 aromatic rings. The Kier molecular flexibility index (Phi) is 7.94. The summed E-state index contributed by atoms with van der Waals surface area (Å²) in [7, 11) is 0. The summed E-state index contributed by atoms with van der Waals surface area (Å²) in [5, 5.41) is 6.46. The Morgan fingerprint density at radius 1 is 1.11 bits per heavy atom. The number of nitrogens with one attached hydrogen (secondary N) is 4. The highest BCUT2D eigenvalue weighted by Gasteiger charge is 2.33. The fourth-order valence-corrected chi connectivity index (χ4v) is 4.81. The van der Waals surface area contributed by atoms with Gasteiger partial charge in [-0.05, 0) is 71.1 Å². The molecule has 4 unspecified atom stereocenters. The van der Waals surface area contributed by atoms with Gasteiger partial charge in [-0.25, -0.2) is 14.8 Å². The number of aliphatic imine (C=N–C) groups is 1. The molecule has 3 fully saturated rings. The molecule has 1 aliphatic heterocycles. The number of halogens is 2. The lowest BCUT2D eigenvalue weighted by Gasteiger charge is -2.29. The first-order valence-electron chi connectivity index (χ1n) is 10.8. The number of carbonyl (C=O) groups excluding carboxylic acids is 1. The molecule has 4 N–H and O–H groups in total. The van der Waals surface area contributed by atoms with Crippen molar-refractivity contribution >= 4 is 23.5 Å². The molecule has 0 bridgehead atoms. The summed E-state index contributed by atoms with van der Waals surface area (Å²) in [6, 6.07) is 0.517. The normalized spacial score (nSPS) is 37.1. The first-order valence-corrected chi connectivity index (χ1v) is 11.3. The van der Waals surface area contributed by atoms with Gasteiger partial charge in [-0.15, -0.1) is 11.6 Å². The maximum atomic E-state index is 13.7. The van der Waals surface area contributed by atoms with Crippen molar-refractivity contribution in [1.29, 1.82) is 0 Å². The largest absolute Gasteiger partial charge is 0.354 e. The minimum atomic E-state index is -0.868. The van der Waals surface area contributed by atoms with Gasteiger partial charge in [-0.1, -0.05) is 0 Å². The fraction of sp³-hybridized carbons (Fsp3) is 0.900. The van der Waals surface area contributed by atoms with Gasteiger partial charge in [0.1, 0.15) is 12.3 Å². The van der Waals surface area contributed by atoms with Crippen molar-refractivity contribution in [3.05, 3.63) is 0 Å². The molecule has 28 heavy (non-hydrogen) atoms. The molecule has 4 atom stereocenters. The van der Waals surface area contributed by atoms with Crippen LogP contribution in [-0.4, -0.2) is 41.7 Å². The van der Waals surface area contributed by atoms with E-state index in [1.807, 2.05) is 13.8 Å². The Balaban J connectivity index is 1.56. The van der Waals surface area contributed by atoms with E-state index in [-0.39, 0.29) is 24.0 Å². The van der Waals surface area contributed by atoms with Gasteiger partial charge >= 0.3 is 0 Å². The third kappa shape index (κ3) is 6.29. The van der Waals surface area contributed by atoms with Crippen molar-refractivity contribution in [2.75, 3.05) is 0 Å². The number of hydrazine groups is 1. The van der Waals surface area contributed by atoms with Crippen molar-refractivity contribution in [2.45, 2.75) is 101 Å².